The van der Waals surface area contributed by atoms with Crippen molar-refractivity contribution >= 4 is 5.97 Å². The lowest BCUT2D eigenvalue weighted by Gasteiger charge is -2.42. The molecule has 3 unspecified atom stereocenters. The second-order valence-electron chi connectivity index (χ2n) is 6.01. The molecule has 0 aromatic rings. The Kier molecular flexibility index (Phi) is 4.48. The number of piperazine rings is 1. The summed E-state index contributed by atoms with van der Waals surface area (Å²) < 4.78 is 0. The van der Waals surface area contributed by atoms with Gasteiger partial charge in [0.15, 0.2) is 0 Å². The van der Waals surface area contributed by atoms with E-state index in [1.165, 1.54) is 0 Å². The van der Waals surface area contributed by atoms with Crippen LogP contribution >= 0.6 is 0 Å². The summed E-state index contributed by atoms with van der Waals surface area (Å²) in [5.41, 5.74) is -0.699. The number of carbonyl (C=O) groups is 1. The molecule has 0 spiro atoms. The van der Waals surface area contributed by atoms with Gasteiger partial charge in [-0.2, -0.15) is 0 Å². The van der Waals surface area contributed by atoms with Gasteiger partial charge in [-0.1, -0.05) is 6.92 Å². The third kappa shape index (κ3) is 2.78. The number of likely N-dealkylation sites (N-methyl/N-ethyl adjacent to an activating group) is 2. The van der Waals surface area contributed by atoms with Gasteiger partial charge in [0.05, 0.1) is 0 Å². The summed E-state index contributed by atoms with van der Waals surface area (Å²) in [5, 5.41) is 12.5. The molecule has 0 amide bonds. The molecule has 2 fully saturated rings. The molecule has 2 aliphatic rings. The van der Waals surface area contributed by atoms with Crippen molar-refractivity contribution in [3.8, 4) is 0 Å². The summed E-state index contributed by atoms with van der Waals surface area (Å²) in [6.07, 6.45) is 2.47. The van der Waals surface area contributed by atoms with Crippen molar-refractivity contribution in [2.24, 2.45) is 0 Å². The van der Waals surface area contributed by atoms with Crippen molar-refractivity contribution in [3.63, 3.8) is 0 Å². The summed E-state index contributed by atoms with van der Waals surface area (Å²) in [6.45, 7) is 8.83. The van der Waals surface area contributed by atoms with E-state index in [4.69, 9.17) is 0 Å². The average Bonchev–Trinajstić information content (AvgIpc) is 2.84. The molecule has 5 nitrogen and oxygen atoms in total. The smallest absolute Gasteiger partial charge is 0.323 e. The van der Waals surface area contributed by atoms with Crippen molar-refractivity contribution in [3.05, 3.63) is 0 Å². The Morgan fingerprint density at radius 1 is 1.47 bits per heavy atom. The average molecular weight is 269 g/mol. The fraction of sp³-hybridized carbons (Fsp3) is 0.929. The standard InChI is InChI=1S/C14H27N3O2/c1-4-16-7-8-17(10-11(16)2)12-5-6-14(9-12,15-3)13(18)19/h11-12,15H,4-10H2,1-3H3,(H,18,19). The first kappa shape index (κ1) is 14.8. The van der Waals surface area contributed by atoms with Crippen LogP contribution in [0.1, 0.15) is 33.1 Å². The molecule has 110 valence electrons. The van der Waals surface area contributed by atoms with E-state index < -0.39 is 11.5 Å². The van der Waals surface area contributed by atoms with Crippen molar-refractivity contribution in [2.45, 2.75) is 50.7 Å². The predicted molar refractivity (Wildman–Crippen MR) is 75.3 cm³/mol. The minimum Gasteiger partial charge on any atom is -0.480 e. The van der Waals surface area contributed by atoms with Crippen LogP contribution in [0.15, 0.2) is 0 Å². The van der Waals surface area contributed by atoms with Crippen molar-refractivity contribution in [2.75, 3.05) is 33.2 Å². The fourth-order valence-corrected chi connectivity index (χ4v) is 3.68. The second-order valence-corrected chi connectivity index (χ2v) is 6.01. The first-order valence-electron chi connectivity index (χ1n) is 7.43. The van der Waals surface area contributed by atoms with E-state index in [1.807, 2.05) is 0 Å². The zero-order chi connectivity index (χ0) is 14.0. The van der Waals surface area contributed by atoms with E-state index >= 15 is 0 Å². The molecule has 0 aromatic heterocycles. The Hall–Kier alpha value is -0.650. The van der Waals surface area contributed by atoms with E-state index in [9.17, 15) is 9.90 Å². The topological polar surface area (TPSA) is 55.8 Å². The first-order valence-corrected chi connectivity index (χ1v) is 7.43. The van der Waals surface area contributed by atoms with Crippen LogP contribution in [-0.4, -0.2) is 71.7 Å². The van der Waals surface area contributed by atoms with E-state index in [0.717, 1.165) is 45.4 Å². The van der Waals surface area contributed by atoms with E-state index in [2.05, 4.69) is 29.0 Å². The summed E-state index contributed by atoms with van der Waals surface area (Å²) in [4.78, 5) is 16.4. The van der Waals surface area contributed by atoms with E-state index in [1.54, 1.807) is 7.05 Å². The van der Waals surface area contributed by atoms with Gasteiger partial charge in [0.2, 0.25) is 0 Å². The van der Waals surface area contributed by atoms with Gasteiger partial charge in [0, 0.05) is 31.7 Å². The van der Waals surface area contributed by atoms with Gasteiger partial charge in [-0.05, 0) is 39.8 Å². The lowest BCUT2D eigenvalue weighted by molar-refractivity contribution is -0.144. The van der Waals surface area contributed by atoms with Crippen LogP contribution in [0.2, 0.25) is 0 Å². The van der Waals surface area contributed by atoms with Gasteiger partial charge >= 0.3 is 5.97 Å². The SMILES string of the molecule is CCN1CCN(C2CCC(NC)(C(=O)O)C2)CC1C. The van der Waals surface area contributed by atoms with Crippen molar-refractivity contribution < 1.29 is 9.90 Å². The van der Waals surface area contributed by atoms with Crippen molar-refractivity contribution in [1.82, 2.24) is 15.1 Å². The van der Waals surface area contributed by atoms with Crippen molar-refractivity contribution in [1.29, 1.82) is 0 Å². The van der Waals surface area contributed by atoms with E-state index in [0.29, 0.717) is 12.1 Å². The second kappa shape index (κ2) is 5.77. The highest BCUT2D eigenvalue weighted by Gasteiger charge is 2.46. The number of carboxylic acids is 1. The molecule has 2 rings (SSSR count). The Labute approximate surface area is 115 Å². The molecule has 3 atom stereocenters. The number of rotatable bonds is 4. The minimum absolute atomic E-state index is 0.421. The molecule has 19 heavy (non-hydrogen) atoms. The molecule has 0 aromatic carbocycles. The molecule has 1 aliphatic carbocycles. The summed E-state index contributed by atoms with van der Waals surface area (Å²) >= 11 is 0. The highest BCUT2D eigenvalue weighted by Crippen LogP contribution is 2.34. The molecule has 1 saturated carbocycles. The molecular weight excluding hydrogens is 242 g/mol. The third-order valence-corrected chi connectivity index (χ3v) is 5.10. The maximum absolute atomic E-state index is 11.5. The monoisotopic (exact) mass is 269 g/mol. The van der Waals surface area contributed by atoms with Crippen LogP contribution in [0.4, 0.5) is 0 Å². The number of hydrogen-bond acceptors (Lipinski definition) is 4. The third-order valence-electron chi connectivity index (χ3n) is 5.10. The van der Waals surface area contributed by atoms with Gasteiger partial charge < -0.3 is 10.4 Å². The predicted octanol–water partition coefficient (Wildman–Crippen LogP) is 0.608. The van der Waals surface area contributed by atoms with E-state index in [-0.39, 0.29) is 0 Å². The number of carboxylic acid groups (broad SMARTS) is 1. The Morgan fingerprint density at radius 3 is 2.68 bits per heavy atom. The number of nitrogens with zero attached hydrogens (tertiary/aromatic N) is 2. The Bertz CT molecular complexity index is 337. The number of nitrogens with one attached hydrogen (secondary N) is 1. The first-order chi connectivity index (χ1) is 9.02. The highest BCUT2D eigenvalue weighted by atomic mass is 16.4. The maximum atomic E-state index is 11.5. The molecule has 1 saturated heterocycles. The summed E-state index contributed by atoms with van der Waals surface area (Å²) in [6, 6.07) is 0.998. The van der Waals surface area contributed by atoms with Gasteiger partial charge in [-0.3, -0.25) is 14.6 Å². The van der Waals surface area contributed by atoms with Crippen LogP contribution in [-0.2, 0) is 4.79 Å². The number of hydrogen-bond donors (Lipinski definition) is 2. The lowest BCUT2D eigenvalue weighted by atomic mass is 9.97. The number of aliphatic carboxylic acids is 1. The molecule has 0 bridgehead atoms. The van der Waals surface area contributed by atoms with Gasteiger partial charge in [0.25, 0.3) is 0 Å². The quantitative estimate of drug-likeness (QED) is 0.783. The zero-order valence-electron chi connectivity index (χ0n) is 12.4. The zero-order valence-corrected chi connectivity index (χ0v) is 12.4. The van der Waals surface area contributed by atoms with Crippen LogP contribution < -0.4 is 5.32 Å². The van der Waals surface area contributed by atoms with Gasteiger partial charge in [-0.25, -0.2) is 0 Å². The van der Waals surface area contributed by atoms with Crippen LogP contribution in [0.5, 0.6) is 0 Å². The normalized spacial score (nSPS) is 37.6. The van der Waals surface area contributed by atoms with Gasteiger partial charge in [-0.15, -0.1) is 0 Å². The maximum Gasteiger partial charge on any atom is 0.323 e. The Morgan fingerprint density at radius 2 is 2.21 bits per heavy atom. The summed E-state index contributed by atoms with van der Waals surface area (Å²) in [5.74, 6) is -0.697. The summed E-state index contributed by atoms with van der Waals surface area (Å²) in [7, 11) is 1.77. The molecule has 1 aliphatic heterocycles. The van der Waals surface area contributed by atoms with Crippen LogP contribution in [0, 0.1) is 0 Å². The molecule has 2 N–H and O–H groups in total. The lowest BCUT2D eigenvalue weighted by Crippen LogP contribution is -2.55. The molecule has 5 heteroatoms. The molecule has 1 heterocycles. The largest absolute Gasteiger partial charge is 0.480 e. The van der Waals surface area contributed by atoms with Crippen LogP contribution in [0.25, 0.3) is 0 Å². The Balaban J connectivity index is 1.96. The van der Waals surface area contributed by atoms with Crippen LogP contribution in [0.3, 0.4) is 0 Å². The highest BCUT2D eigenvalue weighted by molar-refractivity contribution is 5.79. The molecular formula is C14H27N3O2. The molecule has 0 radical (unpaired) electrons. The fourth-order valence-electron chi connectivity index (χ4n) is 3.68. The minimum atomic E-state index is -0.699. The van der Waals surface area contributed by atoms with Gasteiger partial charge in [0.1, 0.15) is 5.54 Å².